The molecule has 2 aliphatic rings. The van der Waals surface area contributed by atoms with Crippen LogP contribution in [0.4, 0.5) is 11.6 Å². The topological polar surface area (TPSA) is 125 Å². The first-order valence-corrected chi connectivity index (χ1v) is 11.2. The fraction of sp³-hybridized carbons (Fsp3) is 0.647. The zero-order valence-electron chi connectivity index (χ0n) is 15.8. The second-order valence-corrected chi connectivity index (χ2v) is 8.81. The zero-order valence-corrected chi connectivity index (χ0v) is 16.6. The van der Waals surface area contributed by atoms with E-state index in [-0.39, 0.29) is 30.7 Å². The van der Waals surface area contributed by atoms with Gasteiger partial charge in [-0.2, -0.15) is 0 Å². The molecule has 0 radical (unpaired) electrons. The van der Waals surface area contributed by atoms with Crippen LogP contribution >= 0.6 is 0 Å². The number of carbonyl (C=O) groups excluding carboxylic acids is 2. The van der Waals surface area contributed by atoms with E-state index in [0.29, 0.717) is 31.6 Å². The molecule has 2 fully saturated rings. The highest BCUT2D eigenvalue weighted by atomic mass is 32.2. The fourth-order valence-corrected chi connectivity index (χ4v) is 4.27. The molecule has 3 heterocycles. The Kier molecular flexibility index (Phi) is 6.79. The summed E-state index contributed by atoms with van der Waals surface area (Å²) in [7, 11) is -3.58. The Bertz CT molecular complexity index is 794. The third-order valence-electron chi connectivity index (χ3n) is 4.80. The van der Waals surface area contributed by atoms with E-state index in [1.165, 1.54) is 6.33 Å². The molecule has 0 aromatic carbocycles. The van der Waals surface area contributed by atoms with Crippen molar-refractivity contribution in [1.82, 2.24) is 19.6 Å². The normalized spacial score (nSPS) is 18.0. The number of hydrogen-bond donors (Lipinski definition) is 2. The second kappa shape index (κ2) is 9.28. The van der Waals surface area contributed by atoms with Crippen LogP contribution in [0.25, 0.3) is 0 Å². The van der Waals surface area contributed by atoms with Crippen LogP contribution in [0.5, 0.6) is 0 Å². The predicted octanol–water partition coefficient (Wildman–Crippen LogP) is -0.0528. The van der Waals surface area contributed by atoms with Crippen LogP contribution in [0.1, 0.15) is 32.1 Å². The van der Waals surface area contributed by atoms with Gasteiger partial charge in [0.2, 0.25) is 21.8 Å². The van der Waals surface area contributed by atoms with Crippen molar-refractivity contribution in [2.75, 3.05) is 48.7 Å². The number of rotatable bonds is 9. The van der Waals surface area contributed by atoms with Crippen molar-refractivity contribution < 1.29 is 18.0 Å². The van der Waals surface area contributed by atoms with Crippen molar-refractivity contribution in [2.24, 2.45) is 0 Å². The van der Waals surface area contributed by atoms with Crippen molar-refractivity contribution in [1.29, 1.82) is 0 Å². The monoisotopic (exact) mass is 410 g/mol. The molecule has 0 bridgehead atoms. The molecule has 0 saturated carbocycles. The fourth-order valence-electron chi connectivity index (χ4n) is 3.29. The van der Waals surface area contributed by atoms with Crippen molar-refractivity contribution in [3.05, 3.63) is 12.4 Å². The molecule has 2 amide bonds. The Morgan fingerprint density at radius 1 is 1.00 bits per heavy atom. The van der Waals surface area contributed by atoms with Gasteiger partial charge >= 0.3 is 0 Å². The Morgan fingerprint density at radius 3 is 2.43 bits per heavy atom. The average Bonchev–Trinajstić information content (AvgIpc) is 3.20. The lowest BCUT2D eigenvalue weighted by molar-refractivity contribution is -0.147. The first-order chi connectivity index (χ1) is 13.4. The molecular formula is C17H26N6O4S. The van der Waals surface area contributed by atoms with E-state index in [2.05, 4.69) is 24.9 Å². The summed E-state index contributed by atoms with van der Waals surface area (Å²) in [6.07, 6.45) is 4.93. The summed E-state index contributed by atoms with van der Waals surface area (Å²) in [6.45, 7) is 2.40. The number of nitrogens with zero attached hydrogens (tertiary/aromatic N) is 4. The number of aromatic nitrogens is 2. The summed E-state index contributed by atoms with van der Waals surface area (Å²) in [6, 6.07) is 1.85. The van der Waals surface area contributed by atoms with Crippen LogP contribution in [0.15, 0.2) is 12.4 Å². The van der Waals surface area contributed by atoms with Gasteiger partial charge in [-0.1, -0.05) is 0 Å². The Hall–Kier alpha value is -2.27. The quantitative estimate of drug-likeness (QED) is 0.429. The number of hydrogen-bond acceptors (Lipinski definition) is 8. The number of sulfonamides is 1. The standard InChI is InChI=1S/C17H26N6O4S/c24-16-4-3-5-17(25)23(16)10-11-28(26,27)21-7-6-18-14-12-15(20-13-19-14)22-8-1-2-9-22/h12-13,21H,1-11H2,(H,18,19,20). The summed E-state index contributed by atoms with van der Waals surface area (Å²) in [4.78, 5) is 35.1. The molecule has 0 atom stereocenters. The summed E-state index contributed by atoms with van der Waals surface area (Å²) >= 11 is 0. The number of piperidine rings is 1. The lowest BCUT2D eigenvalue weighted by atomic mass is 10.1. The summed E-state index contributed by atoms with van der Waals surface area (Å²) < 4.78 is 26.7. The van der Waals surface area contributed by atoms with E-state index in [1.807, 2.05) is 6.07 Å². The molecular weight excluding hydrogens is 384 g/mol. The minimum absolute atomic E-state index is 0.106. The van der Waals surface area contributed by atoms with Crippen LogP contribution in [0, 0.1) is 0 Å². The number of nitrogens with one attached hydrogen (secondary N) is 2. The van der Waals surface area contributed by atoms with Crippen LogP contribution < -0.4 is 14.9 Å². The molecule has 0 spiro atoms. The maximum atomic E-state index is 12.1. The van der Waals surface area contributed by atoms with Gasteiger partial charge in [-0.3, -0.25) is 14.5 Å². The summed E-state index contributed by atoms with van der Waals surface area (Å²) in [5, 5.41) is 3.08. The highest BCUT2D eigenvalue weighted by Crippen LogP contribution is 2.19. The van der Waals surface area contributed by atoms with Crippen LogP contribution in [0.2, 0.25) is 0 Å². The minimum atomic E-state index is -3.58. The van der Waals surface area contributed by atoms with Crippen molar-refractivity contribution in [3.8, 4) is 0 Å². The van der Waals surface area contributed by atoms with E-state index < -0.39 is 10.0 Å². The maximum Gasteiger partial charge on any atom is 0.229 e. The lowest BCUT2D eigenvalue weighted by Gasteiger charge is -2.24. The molecule has 0 unspecified atom stereocenters. The minimum Gasteiger partial charge on any atom is -0.369 e. The summed E-state index contributed by atoms with van der Waals surface area (Å²) in [5.74, 6) is 0.611. The van der Waals surface area contributed by atoms with Crippen LogP contribution in [-0.2, 0) is 19.6 Å². The zero-order chi connectivity index (χ0) is 20.0. The van der Waals surface area contributed by atoms with Gasteiger partial charge in [0.25, 0.3) is 0 Å². The molecule has 28 heavy (non-hydrogen) atoms. The van der Waals surface area contributed by atoms with E-state index in [0.717, 1.165) is 36.6 Å². The third kappa shape index (κ3) is 5.61. The second-order valence-electron chi connectivity index (χ2n) is 6.89. The molecule has 0 aliphatic carbocycles. The molecule has 2 N–H and O–H groups in total. The van der Waals surface area contributed by atoms with Gasteiger partial charge in [0, 0.05) is 51.6 Å². The lowest BCUT2D eigenvalue weighted by Crippen LogP contribution is -2.44. The number of anilines is 2. The molecule has 11 heteroatoms. The van der Waals surface area contributed by atoms with E-state index in [1.54, 1.807) is 0 Å². The molecule has 1 aromatic rings. The van der Waals surface area contributed by atoms with Gasteiger partial charge in [0.05, 0.1) is 5.75 Å². The number of amides is 2. The summed E-state index contributed by atoms with van der Waals surface area (Å²) in [5.41, 5.74) is 0. The SMILES string of the molecule is O=C1CCCC(=O)N1CCS(=O)(=O)NCCNc1cc(N2CCCC2)ncn1. The third-order valence-corrected chi connectivity index (χ3v) is 6.17. The van der Waals surface area contributed by atoms with Crippen molar-refractivity contribution >= 4 is 33.5 Å². The Balaban J connectivity index is 1.41. The first kappa shape index (κ1) is 20.5. The highest BCUT2D eigenvalue weighted by Gasteiger charge is 2.27. The molecule has 3 rings (SSSR count). The van der Waals surface area contributed by atoms with E-state index in [9.17, 15) is 18.0 Å². The molecule has 1 aromatic heterocycles. The van der Waals surface area contributed by atoms with Crippen LogP contribution in [0.3, 0.4) is 0 Å². The molecule has 154 valence electrons. The van der Waals surface area contributed by atoms with Gasteiger partial charge in [0.15, 0.2) is 0 Å². The smallest absolute Gasteiger partial charge is 0.229 e. The van der Waals surface area contributed by atoms with Crippen LogP contribution in [-0.4, -0.2) is 73.6 Å². The van der Waals surface area contributed by atoms with Gasteiger partial charge in [0.1, 0.15) is 18.0 Å². The van der Waals surface area contributed by atoms with Crippen molar-refractivity contribution in [3.63, 3.8) is 0 Å². The molecule has 2 saturated heterocycles. The van der Waals surface area contributed by atoms with Gasteiger partial charge in [-0.25, -0.2) is 23.1 Å². The predicted molar refractivity (Wildman–Crippen MR) is 104 cm³/mol. The Morgan fingerprint density at radius 2 is 1.71 bits per heavy atom. The Labute approximate surface area is 164 Å². The van der Waals surface area contributed by atoms with Gasteiger partial charge in [-0.05, 0) is 19.3 Å². The first-order valence-electron chi connectivity index (χ1n) is 9.56. The van der Waals surface area contributed by atoms with Gasteiger partial charge in [-0.15, -0.1) is 0 Å². The average molecular weight is 411 g/mol. The highest BCUT2D eigenvalue weighted by molar-refractivity contribution is 7.89. The van der Waals surface area contributed by atoms with Crippen molar-refractivity contribution in [2.45, 2.75) is 32.1 Å². The van der Waals surface area contributed by atoms with Gasteiger partial charge < -0.3 is 10.2 Å². The largest absolute Gasteiger partial charge is 0.369 e. The molecule has 10 nitrogen and oxygen atoms in total. The maximum absolute atomic E-state index is 12.1. The van der Waals surface area contributed by atoms with E-state index in [4.69, 9.17) is 0 Å². The number of imide groups is 1. The molecule has 2 aliphatic heterocycles. The number of likely N-dealkylation sites (tertiary alicyclic amines) is 1. The van der Waals surface area contributed by atoms with E-state index >= 15 is 0 Å². The number of carbonyl (C=O) groups is 2.